The van der Waals surface area contributed by atoms with Gasteiger partial charge in [0.1, 0.15) is 0 Å². The standard InChI is InChI=1S/C13H24N2O2S2/c1-13(2,12-7-6-9-18-12)11-15-19(16,17)10-5-4-8-14-3/h6-7,9,14-15H,4-5,8,10-11H2,1-3H3. The fourth-order valence-electron chi connectivity index (χ4n) is 1.71. The van der Waals surface area contributed by atoms with Gasteiger partial charge in [-0.3, -0.25) is 0 Å². The van der Waals surface area contributed by atoms with Crippen LogP contribution < -0.4 is 10.0 Å². The molecule has 2 N–H and O–H groups in total. The van der Waals surface area contributed by atoms with Crippen molar-refractivity contribution in [3.8, 4) is 0 Å². The van der Waals surface area contributed by atoms with Gasteiger partial charge in [0.25, 0.3) is 0 Å². The quantitative estimate of drug-likeness (QED) is 0.686. The van der Waals surface area contributed by atoms with Crippen LogP contribution in [0.1, 0.15) is 31.6 Å². The summed E-state index contributed by atoms with van der Waals surface area (Å²) in [7, 11) is -1.29. The summed E-state index contributed by atoms with van der Waals surface area (Å²) in [4.78, 5) is 1.20. The zero-order chi connectivity index (χ0) is 14.4. The zero-order valence-electron chi connectivity index (χ0n) is 11.9. The molecular formula is C13H24N2O2S2. The molecule has 0 fully saturated rings. The van der Waals surface area contributed by atoms with E-state index in [9.17, 15) is 8.42 Å². The van der Waals surface area contributed by atoms with Crippen molar-refractivity contribution < 1.29 is 8.42 Å². The highest BCUT2D eigenvalue weighted by molar-refractivity contribution is 7.89. The van der Waals surface area contributed by atoms with Crippen LogP contribution in [0.5, 0.6) is 0 Å². The van der Waals surface area contributed by atoms with Crippen LogP contribution in [0.4, 0.5) is 0 Å². The smallest absolute Gasteiger partial charge is 0.211 e. The normalized spacial score (nSPS) is 12.8. The summed E-state index contributed by atoms with van der Waals surface area (Å²) in [6.07, 6.45) is 1.57. The molecule has 0 spiro atoms. The van der Waals surface area contributed by atoms with Gasteiger partial charge in [-0.1, -0.05) is 19.9 Å². The maximum Gasteiger partial charge on any atom is 0.211 e. The Morgan fingerprint density at radius 3 is 2.63 bits per heavy atom. The second-order valence-corrected chi connectivity index (χ2v) is 8.19. The number of thiophene rings is 1. The van der Waals surface area contributed by atoms with Gasteiger partial charge in [-0.15, -0.1) is 11.3 Å². The van der Waals surface area contributed by atoms with Crippen molar-refractivity contribution in [2.75, 3.05) is 25.9 Å². The maximum atomic E-state index is 11.9. The molecule has 110 valence electrons. The number of sulfonamides is 1. The van der Waals surface area contributed by atoms with Gasteiger partial charge in [0.15, 0.2) is 0 Å². The molecule has 0 aliphatic heterocycles. The summed E-state index contributed by atoms with van der Waals surface area (Å²) in [5, 5.41) is 5.03. The summed E-state index contributed by atoms with van der Waals surface area (Å²) >= 11 is 1.66. The highest BCUT2D eigenvalue weighted by Crippen LogP contribution is 2.26. The van der Waals surface area contributed by atoms with E-state index in [1.807, 2.05) is 24.6 Å². The third-order valence-electron chi connectivity index (χ3n) is 3.01. The number of nitrogens with one attached hydrogen (secondary N) is 2. The second kappa shape index (κ2) is 7.38. The Morgan fingerprint density at radius 1 is 1.32 bits per heavy atom. The van der Waals surface area contributed by atoms with Crippen molar-refractivity contribution in [3.63, 3.8) is 0 Å². The van der Waals surface area contributed by atoms with Crippen LogP contribution >= 0.6 is 11.3 Å². The van der Waals surface area contributed by atoms with Crippen LogP contribution in [0.25, 0.3) is 0 Å². The second-order valence-electron chi connectivity index (χ2n) is 5.31. The molecule has 0 amide bonds. The predicted octanol–water partition coefficient (Wildman–Crippen LogP) is 1.94. The monoisotopic (exact) mass is 304 g/mol. The summed E-state index contributed by atoms with van der Waals surface area (Å²) < 4.78 is 26.5. The highest BCUT2D eigenvalue weighted by Gasteiger charge is 2.23. The van der Waals surface area contributed by atoms with Crippen LogP contribution in [0.2, 0.25) is 0 Å². The van der Waals surface area contributed by atoms with E-state index in [2.05, 4.69) is 23.9 Å². The van der Waals surface area contributed by atoms with E-state index in [-0.39, 0.29) is 11.2 Å². The Morgan fingerprint density at radius 2 is 2.05 bits per heavy atom. The molecule has 0 radical (unpaired) electrons. The average Bonchev–Trinajstić information content (AvgIpc) is 2.87. The molecule has 1 heterocycles. The van der Waals surface area contributed by atoms with Crippen molar-refractivity contribution in [2.45, 2.75) is 32.1 Å². The Balaban J connectivity index is 2.42. The first-order valence-electron chi connectivity index (χ1n) is 6.53. The molecule has 19 heavy (non-hydrogen) atoms. The van der Waals surface area contributed by atoms with Gasteiger partial charge in [-0.25, -0.2) is 13.1 Å². The minimum Gasteiger partial charge on any atom is -0.320 e. The van der Waals surface area contributed by atoms with Crippen molar-refractivity contribution in [2.24, 2.45) is 0 Å². The molecule has 0 atom stereocenters. The fraction of sp³-hybridized carbons (Fsp3) is 0.692. The van der Waals surface area contributed by atoms with E-state index in [4.69, 9.17) is 0 Å². The molecule has 0 bridgehead atoms. The summed E-state index contributed by atoms with van der Waals surface area (Å²) in [5.74, 6) is 0.204. The third-order valence-corrected chi connectivity index (χ3v) is 5.66. The minimum atomic E-state index is -3.16. The average molecular weight is 304 g/mol. The van der Waals surface area contributed by atoms with Crippen molar-refractivity contribution in [1.82, 2.24) is 10.0 Å². The van der Waals surface area contributed by atoms with Crippen molar-refractivity contribution >= 4 is 21.4 Å². The molecule has 0 aromatic carbocycles. The summed E-state index contributed by atoms with van der Waals surface area (Å²) in [6.45, 7) is 5.42. The molecule has 1 rings (SSSR count). The molecule has 4 nitrogen and oxygen atoms in total. The van der Waals surface area contributed by atoms with Gasteiger partial charge in [0.2, 0.25) is 10.0 Å². The fourth-order valence-corrected chi connectivity index (χ4v) is 3.87. The SMILES string of the molecule is CNCCCCS(=O)(=O)NCC(C)(C)c1cccs1. The number of hydrogen-bond acceptors (Lipinski definition) is 4. The lowest BCUT2D eigenvalue weighted by Gasteiger charge is -2.23. The first-order valence-corrected chi connectivity index (χ1v) is 9.06. The summed E-state index contributed by atoms with van der Waals surface area (Å²) in [5.41, 5.74) is -0.161. The van der Waals surface area contributed by atoms with E-state index in [0.717, 1.165) is 13.0 Å². The topological polar surface area (TPSA) is 58.2 Å². The minimum absolute atomic E-state index is 0.161. The van der Waals surface area contributed by atoms with Gasteiger partial charge in [-0.2, -0.15) is 0 Å². The van der Waals surface area contributed by atoms with Crippen LogP contribution in [0.3, 0.4) is 0 Å². The molecule has 0 aliphatic rings. The number of unbranched alkanes of at least 4 members (excludes halogenated alkanes) is 1. The van der Waals surface area contributed by atoms with E-state index in [1.54, 1.807) is 11.3 Å². The van der Waals surface area contributed by atoms with Gasteiger partial charge in [-0.05, 0) is 37.9 Å². The van der Waals surface area contributed by atoms with Gasteiger partial charge in [0.05, 0.1) is 5.75 Å². The lowest BCUT2D eigenvalue weighted by atomic mass is 9.92. The Labute approximate surface area is 120 Å². The van der Waals surface area contributed by atoms with E-state index in [0.29, 0.717) is 13.0 Å². The summed E-state index contributed by atoms with van der Waals surface area (Å²) in [6, 6.07) is 4.04. The Hall–Kier alpha value is -0.430. The lowest BCUT2D eigenvalue weighted by molar-refractivity contribution is 0.508. The molecule has 0 aliphatic carbocycles. The molecule has 0 saturated carbocycles. The van der Waals surface area contributed by atoms with Gasteiger partial charge in [0, 0.05) is 16.8 Å². The first kappa shape index (κ1) is 16.6. The van der Waals surface area contributed by atoms with Gasteiger partial charge < -0.3 is 5.32 Å². The zero-order valence-corrected chi connectivity index (χ0v) is 13.5. The van der Waals surface area contributed by atoms with E-state index >= 15 is 0 Å². The molecular weight excluding hydrogens is 280 g/mol. The third kappa shape index (κ3) is 6.03. The molecule has 1 aromatic heterocycles. The Bertz CT molecular complexity index is 453. The van der Waals surface area contributed by atoms with Gasteiger partial charge >= 0.3 is 0 Å². The first-order chi connectivity index (χ1) is 8.87. The maximum absolute atomic E-state index is 11.9. The van der Waals surface area contributed by atoms with E-state index in [1.165, 1.54) is 4.88 Å². The molecule has 1 aromatic rings. The Kier molecular flexibility index (Phi) is 6.46. The van der Waals surface area contributed by atoms with Crippen molar-refractivity contribution in [3.05, 3.63) is 22.4 Å². The van der Waals surface area contributed by atoms with Crippen LogP contribution in [0, 0.1) is 0 Å². The molecule has 0 unspecified atom stereocenters. The van der Waals surface area contributed by atoms with Crippen LogP contribution in [-0.4, -0.2) is 34.3 Å². The lowest BCUT2D eigenvalue weighted by Crippen LogP contribution is -2.37. The van der Waals surface area contributed by atoms with Crippen molar-refractivity contribution in [1.29, 1.82) is 0 Å². The molecule has 6 heteroatoms. The highest BCUT2D eigenvalue weighted by atomic mass is 32.2. The largest absolute Gasteiger partial charge is 0.320 e. The van der Waals surface area contributed by atoms with Crippen LogP contribution in [-0.2, 0) is 15.4 Å². The van der Waals surface area contributed by atoms with Crippen LogP contribution in [0.15, 0.2) is 17.5 Å². The number of hydrogen-bond donors (Lipinski definition) is 2. The van der Waals surface area contributed by atoms with E-state index < -0.39 is 10.0 Å². The predicted molar refractivity (Wildman–Crippen MR) is 82.3 cm³/mol. The molecule has 0 saturated heterocycles. The number of rotatable bonds is 9.